The van der Waals surface area contributed by atoms with Gasteiger partial charge in [-0.25, -0.2) is 22.7 Å². The summed E-state index contributed by atoms with van der Waals surface area (Å²) in [6, 6.07) is 6.90. The average molecular weight is 484 g/mol. The standard InChI is InChI=1S/C19H22ClN5O4S2/c1-3-11-6-4-7-14(22-11)23-16(26)13-10-12(20)15(30-13)19-8-5-9-29-17(19)31(27,28)25(2)18(21)24-19/h4,6-7,10,17H,3,5,8-9H2,1-2H3,(H2,21,24)(H,22,23,26)/t17?,19-/m1/s1. The zero-order chi connectivity index (χ0) is 22.4. The fraction of sp³-hybridized carbons (Fsp3) is 0.421. The molecule has 12 heteroatoms. The second-order valence-electron chi connectivity index (χ2n) is 7.32. The number of amides is 1. The number of thiophene rings is 1. The monoisotopic (exact) mass is 483 g/mol. The van der Waals surface area contributed by atoms with E-state index >= 15 is 0 Å². The largest absolute Gasteiger partial charge is 0.369 e. The zero-order valence-corrected chi connectivity index (χ0v) is 19.4. The number of nitrogens with one attached hydrogen (secondary N) is 1. The summed E-state index contributed by atoms with van der Waals surface area (Å²) < 4.78 is 32.6. The van der Waals surface area contributed by atoms with Crippen LogP contribution in [0.25, 0.3) is 0 Å². The number of nitrogens with two attached hydrogens (primary N) is 1. The summed E-state index contributed by atoms with van der Waals surface area (Å²) in [5.74, 6) is -0.106. The summed E-state index contributed by atoms with van der Waals surface area (Å²) in [4.78, 5) is 22.5. The molecule has 3 N–H and O–H groups in total. The van der Waals surface area contributed by atoms with Gasteiger partial charge in [-0.05, 0) is 37.5 Å². The number of hydrogen-bond donors (Lipinski definition) is 2. The van der Waals surface area contributed by atoms with E-state index in [0.717, 1.165) is 27.8 Å². The van der Waals surface area contributed by atoms with Crippen LogP contribution in [-0.4, -0.2) is 48.7 Å². The first kappa shape index (κ1) is 22.0. The summed E-state index contributed by atoms with van der Waals surface area (Å²) in [6.45, 7) is 2.26. The maximum Gasteiger partial charge on any atom is 0.267 e. The van der Waals surface area contributed by atoms with Crippen LogP contribution in [0.5, 0.6) is 0 Å². The van der Waals surface area contributed by atoms with Gasteiger partial charge >= 0.3 is 0 Å². The van der Waals surface area contributed by atoms with Crippen molar-refractivity contribution in [3.05, 3.63) is 44.7 Å². The highest BCUT2D eigenvalue weighted by Crippen LogP contribution is 2.49. The SMILES string of the molecule is CCc1cccc(NC(=O)c2cc(Cl)c([C@]34CCCOC3S(=O)(=O)N(C)C(N)=N4)s2)n1. The lowest BCUT2D eigenvalue weighted by Crippen LogP contribution is -2.59. The van der Waals surface area contributed by atoms with Gasteiger partial charge in [-0.3, -0.25) is 4.79 Å². The first-order chi connectivity index (χ1) is 14.7. The molecule has 0 aromatic carbocycles. The third kappa shape index (κ3) is 3.69. The third-order valence-electron chi connectivity index (χ3n) is 5.36. The predicted molar refractivity (Wildman–Crippen MR) is 120 cm³/mol. The molecule has 2 aromatic rings. The highest BCUT2D eigenvalue weighted by Gasteiger charge is 2.57. The number of halogens is 1. The fourth-order valence-electron chi connectivity index (χ4n) is 3.75. The first-order valence-electron chi connectivity index (χ1n) is 9.71. The van der Waals surface area contributed by atoms with Crippen molar-refractivity contribution in [3.8, 4) is 0 Å². The van der Waals surface area contributed by atoms with Gasteiger partial charge in [0.2, 0.25) is 11.4 Å². The molecule has 9 nitrogen and oxygen atoms in total. The summed E-state index contributed by atoms with van der Waals surface area (Å²) in [5, 5.41) is 3.01. The number of nitrogens with zero attached hydrogens (tertiary/aromatic N) is 3. The fourth-order valence-corrected chi connectivity index (χ4v) is 7.04. The number of carbonyl (C=O) groups excluding carboxylic acids is 1. The van der Waals surface area contributed by atoms with E-state index in [0.29, 0.717) is 28.4 Å². The van der Waals surface area contributed by atoms with Gasteiger partial charge in [0.1, 0.15) is 11.4 Å². The summed E-state index contributed by atoms with van der Waals surface area (Å²) in [5.41, 5.74) is 4.24. The van der Waals surface area contributed by atoms with Gasteiger partial charge in [-0.1, -0.05) is 24.6 Å². The molecule has 31 heavy (non-hydrogen) atoms. The Bertz CT molecular complexity index is 1170. The number of guanidine groups is 1. The Morgan fingerprint density at radius 1 is 1.48 bits per heavy atom. The van der Waals surface area contributed by atoms with Crippen LogP contribution in [0, 0.1) is 0 Å². The van der Waals surface area contributed by atoms with Gasteiger partial charge in [0, 0.05) is 19.3 Å². The Labute approximate surface area is 189 Å². The van der Waals surface area contributed by atoms with E-state index in [2.05, 4.69) is 15.3 Å². The molecule has 2 aromatic heterocycles. The minimum Gasteiger partial charge on any atom is -0.369 e. The van der Waals surface area contributed by atoms with Crippen molar-refractivity contribution < 1.29 is 17.9 Å². The number of anilines is 1. The molecule has 2 aliphatic heterocycles. The molecule has 0 aliphatic carbocycles. The summed E-state index contributed by atoms with van der Waals surface area (Å²) in [6.07, 6.45) is 1.70. The maximum atomic E-state index is 13.0. The minimum absolute atomic E-state index is 0.141. The molecule has 1 fully saturated rings. The Kier molecular flexibility index (Phi) is 5.71. The lowest BCUT2D eigenvalue weighted by atomic mass is 9.91. The van der Waals surface area contributed by atoms with Crippen LogP contribution in [0.4, 0.5) is 5.82 Å². The normalized spacial score (nSPS) is 24.9. The van der Waals surface area contributed by atoms with Crippen molar-refractivity contribution in [2.24, 2.45) is 10.7 Å². The van der Waals surface area contributed by atoms with Crippen molar-refractivity contribution >= 4 is 50.6 Å². The minimum atomic E-state index is -3.91. The van der Waals surface area contributed by atoms with Crippen LogP contribution in [0.3, 0.4) is 0 Å². The summed E-state index contributed by atoms with van der Waals surface area (Å²) in [7, 11) is -2.57. The molecule has 0 spiro atoms. The molecule has 2 atom stereocenters. The Hall–Kier alpha value is -2.21. The van der Waals surface area contributed by atoms with Gasteiger partial charge in [0.15, 0.2) is 0 Å². The zero-order valence-electron chi connectivity index (χ0n) is 17.0. The molecule has 1 unspecified atom stereocenters. The first-order valence-corrected chi connectivity index (χ1v) is 12.4. The number of pyridine rings is 1. The van der Waals surface area contributed by atoms with E-state index in [1.165, 1.54) is 13.1 Å². The van der Waals surface area contributed by atoms with Crippen LogP contribution in [0.2, 0.25) is 5.02 Å². The highest BCUT2D eigenvalue weighted by atomic mass is 35.5. The Morgan fingerprint density at radius 3 is 3.00 bits per heavy atom. The number of sulfonamides is 1. The molecular weight excluding hydrogens is 462 g/mol. The van der Waals surface area contributed by atoms with E-state index in [9.17, 15) is 13.2 Å². The summed E-state index contributed by atoms with van der Waals surface area (Å²) >= 11 is 7.59. The van der Waals surface area contributed by atoms with Crippen LogP contribution in [0.1, 0.15) is 40.0 Å². The number of fused-ring (bicyclic) bond motifs is 1. The highest BCUT2D eigenvalue weighted by molar-refractivity contribution is 7.90. The van der Waals surface area contributed by atoms with E-state index < -0.39 is 26.9 Å². The maximum absolute atomic E-state index is 13.0. The van der Waals surface area contributed by atoms with Crippen molar-refractivity contribution in [1.29, 1.82) is 0 Å². The van der Waals surface area contributed by atoms with Crippen LogP contribution in [-0.2, 0) is 26.7 Å². The lowest BCUT2D eigenvalue weighted by molar-refractivity contribution is 0.00334. The van der Waals surface area contributed by atoms with Crippen molar-refractivity contribution in [3.63, 3.8) is 0 Å². The molecule has 4 rings (SSSR count). The average Bonchev–Trinajstić information content (AvgIpc) is 3.15. The second-order valence-corrected chi connectivity index (χ2v) is 10.8. The second kappa shape index (κ2) is 8.05. The number of aliphatic imine (C=N–C) groups is 1. The number of rotatable bonds is 4. The molecule has 0 radical (unpaired) electrons. The van der Waals surface area contributed by atoms with E-state index in [4.69, 9.17) is 22.1 Å². The molecule has 1 amide bonds. The van der Waals surface area contributed by atoms with Gasteiger partial charge in [-0.15, -0.1) is 11.3 Å². The smallest absolute Gasteiger partial charge is 0.267 e. The molecule has 166 valence electrons. The molecule has 4 heterocycles. The van der Waals surface area contributed by atoms with Crippen LogP contribution < -0.4 is 11.1 Å². The van der Waals surface area contributed by atoms with E-state index in [1.54, 1.807) is 6.07 Å². The van der Waals surface area contributed by atoms with Crippen LogP contribution in [0.15, 0.2) is 29.3 Å². The number of hydrogen-bond acceptors (Lipinski definition) is 8. The van der Waals surface area contributed by atoms with Gasteiger partial charge < -0.3 is 15.8 Å². The number of aryl methyl sites for hydroxylation is 1. The predicted octanol–water partition coefficient (Wildman–Crippen LogP) is 2.53. The number of aromatic nitrogens is 1. The molecular formula is C19H22ClN5O4S2. The van der Waals surface area contributed by atoms with Gasteiger partial charge in [0.05, 0.1) is 14.8 Å². The Balaban J connectivity index is 1.73. The molecule has 1 saturated heterocycles. The van der Waals surface area contributed by atoms with Crippen molar-refractivity contribution in [1.82, 2.24) is 9.29 Å². The third-order valence-corrected chi connectivity index (χ3v) is 9.09. The van der Waals surface area contributed by atoms with Gasteiger partial charge in [-0.2, -0.15) is 0 Å². The Morgan fingerprint density at radius 2 is 2.26 bits per heavy atom. The van der Waals surface area contributed by atoms with Gasteiger partial charge in [0.25, 0.3) is 15.9 Å². The van der Waals surface area contributed by atoms with Crippen molar-refractivity contribution in [2.45, 2.75) is 37.2 Å². The number of carbonyl (C=O) groups is 1. The van der Waals surface area contributed by atoms with E-state index in [-0.39, 0.29) is 17.6 Å². The number of ether oxygens (including phenoxy) is 1. The topological polar surface area (TPSA) is 127 Å². The molecule has 2 aliphatic rings. The van der Waals surface area contributed by atoms with Crippen LogP contribution >= 0.6 is 22.9 Å². The van der Waals surface area contributed by atoms with Crippen molar-refractivity contribution in [2.75, 3.05) is 19.0 Å². The molecule has 0 bridgehead atoms. The lowest BCUT2D eigenvalue weighted by Gasteiger charge is -2.44. The quantitative estimate of drug-likeness (QED) is 0.687. The molecule has 0 saturated carbocycles. The van der Waals surface area contributed by atoms with E-state index in [1.807, 2.05) is 19.1 Å².